The Hall–Kier alpha value is -2.75. The maximum Gasteiger partial charge on any atom is 0.235 e. The molecule has 0 unspecified atom stereocenters. The van der Waals surface area contributed by atoms with Crippen LogP contribution in [-0.2, 0) is 0 Å². The normalized spacial score (nSPS) is 10.8. The Morgan fingerprint density at radius 1 is 1.10 bits per heavy atom. The molecule has 3 aromatic rings. The summed E-state index contributed by atoms with van der Waals surface area (Å²) < 4.78 is 11.1. The van der Waals surface area contributed by atoms with Crippen molar-refractivity contribution in [1.29, 1.82) is 0 Å². The number of fused-ring (bicyclic) bond motifs is 1. The Balaban J connectivity index is 2.09. The number of rotatable bonds is 2. The summed E-state index contributed by atoms with van der Waals surface area (Å²) in [5.74, 6) is 0.802. The standard InChI is InChI=1S/C17H14O4/c1-10-4-3-5-14(11(10)2)21-16-9-20-15-8-12(18)6-7-13(15)17(16)19/h3-9,18H,1-2H3. The van der Waals surface area contributed by atoms with Gasteiger partial charge in [-0.05, 0) is 43.2 Å². The zero-order valence-corrected chi connectivity index (χ0v) is 11.7. The van der Waals surface area contributed by atoms with E-state index in [1.54, 1.807) is 0 Å². The van der Waals surface area contributed by atoms with E-state index in [1.165, 1.54) is 24.5 Å². The third-order valence-electron chi connectivity index (χ3n) is 3.50. The molecule has 3 rings (SSSR count). The van der Waals surface area contributed by atoms with Gasteiger partial charge in [-0.2, -0.15) is 0 Å². The molecule has 0 aliphatic rings. The van der Waals surface area contributed by atoms with Gasteiger partial charge in [0.05, 0.1) is 5.39 Å². The lowest BCUT2D eigenvalue weighted by Crippen LogP contribution is -2.05. The van der Waals surface area contributed by atoms with Crippen molar-refractivity contribution in [2.75, 3.05) is 0 Å². The monoisotopic (exact) mass is 282 g/mol. The van der Waals surface area contributed by atoms with Gasteiger partial charge < -0.3 is 14.3 Å². The molecule has 0 aliphatic carbocycles. The fourth-order valence-electron chi connectivity index (χ4n) is 2.12. The molecule has 1 N–H and O–H groups in total. The quantitative estimate of drug-likeness (QED) is 0.774. The second kappa shape index (κ2) is 4.98. The van der Waals surface area contributed by atoms with Crippen molar-refractivity contribution in [2.24, 2.45) is 0 Å². The summed E-state index contributed by atoms with van der Waals surface area (Å²) in [7, 11) is 0. The van der Waals surface area contributed by atoms with Crippen LogP contribution in [0.2, 0.25) is 0 Å². The smallest absolute Gasteiger partial charge is 0.235 e. The molecule has 1 heterocycles. The van der Waals surface area contributed by atoms with Gasteiger partial charge in [-0.25, -0.2) is 0 Å². The highest BCUT2D eigenvalue weighted by Crippen LogP contribution is 2.27. The van der Waals surface area contributed by atoms with Gasteiger partial charge in [0, 0.05) is 6.07 Å². The van der Waals surface area contributed by atoms with Gasteiger partial charge in [0.15, 0.2) is 0 Å². The van der Waals surface area contributed by atoms with Crippen molar-refractivity contribution in [3.05, 3.63) is 64.0 Å². The summed E-state index contributed by atoms with van der Waals surface area (Å²) in [5.41, 5.74) is 2.12. The van der Waals surface area contributed by atoms with Gasteiger partial charge >= 0.3 is 0 Å². The molecule has 0 saturated heterocycles. The van der Waals surface area contributed by atoms with Gasteiger partial charge in [0.2, 0.25) is 11.2 Å². The first-order valence-electron chi connectivity index (χ1n) is 6.55. The highest BCUT2D eigenvalue weighted by atomic mass is 16.5. The number of phenols is 1. The number of aryl methyl sites for hydroxylation is 1. The zero-order chi connectivity index (χ0) is 15.0. The summed E-state index contributed by atoms with van der Waals surface area (Å²) in [6, 6.07) is 10.0. The van der Waals surface area contributed by atoms with Crippen LogP contribution in [0.15, 0.2) is 51.9 Å². The number of phenolic OH excluding ortho intramolecular Hbond substituents is 1. The molecule has 21 heavy (non-hydrogen) atoms. The number of benzene rings is 2. The Kier molecular flexibility index (Phi) is 3.14. The van der Waals surface area contributed by atoms with Crippen LogP contribution >= 0.6 is 0 Å². The zero-order valence-electron chi connectivity index (χ0n) is 11.7. The van der Waals surface area contributed by atoms with Crippen molar-refractivity contribution in [2.45, 2.75) is 13.8 Å². The van der Waals surface area contributed by atoms with Crippen LogP contribution in [0.25, 0.3) is 11.0 Å². The van der Waals surface area contributed by atoms with Gasteiger partial charge in [-0.1, -0.05) is 12.1 Å². The Labute approximate surface area is 121 Å². The molecule has 0 atom stereocenters. The highest BCUT2D eigenvalue weighted by molar-refractivity contribution is 5.79. The average molecular weight is 282 g/mol. The molecule has 0 radical (unpaired) electrons. The topological polar surface area (TPSA) is 59.7 Å². The van der Waals surface area contributed by atoms with Crippen molar-refractivity contribution >= 4 is 11.0 Å². The van der Waals surface area contributed by atoms with Crippen LogP contribution < -0.4 is 10.2 Å². The van der Waals surface area contributed by atoms with Crippen molar-refractivity contribution in [1.82, 2.24) is 0 Å². The van der Waals surface area contributed by atoms with E-state index in [2.05, 4.69) is 0 Å². The maximum absolute atomic E-state index is 12.4. The van der Waals surface area contributed by atoms with E-state index < -0.39 is 0 Å². The number of hydrogen-bond donors (Lipinski definition) is 1. The molecule has 106 valence electrons. The SMILES string of the molecule is Cc1cccc(Oc2coc3cc(O)ccc3c2=O)c1C. The molecule has 0 fully saturated rings. The first-order valence-corrected chi connectivity index (χ1v) is 6.55. The van der Waals surface area contributed by atoms with Crippen LogP contribution in [0.3, 0.4) is 0 Å². The van der Waals surface area contributed by atoms with Crippen LogP contribution in [0.1, 0.15) is 11.1 Å². The Bertz CT molecular complexity index is 878. The van der Waals surface area contributed by atoms with Gasteiger partial charge in [-0.3, -0.25) is 4.79 Å². The molecule has 0 bridgehead atoms. The van der Waals surface area contributed by atoms with Gasteiger partial charge in [0.25, 0.3) is 0 Å². The van der Waals surface area contributed by atoms with E-state index in [-0.39, 0.29) is 16.9 Å². The second-order valence-electron chi connectivity index (χ2n) is 4.91. The predicted molar refractivity (Wildman–Crippen MR) is 80.1 cm³/mol. The van der Waals surface area contributed by atoms with E-state index in [4.69, 9.17) is 9.15 Å². The molecule has 0 amide bonds. The summed E-state index contributed by atoms with van der Waals surface area (Å²) in [6.45, 7) is 3.92. The summed E-state index contributed by atoms with van der Waals surface area (Å²) in [6.07, 6.45) is 1.27. The third-order valence-corrected chi connectivity index (χ3v) is 3.50. The fourth-order valence-corrected chi connectivity index (χ4v) is 2.12. The Morgan fingerprint density at radius 2 is 1.90 bits per heavy atom. The first-order chi connectivity index (χ1) is 10.1. The molecule has 2 aromatic carbocycles. The summed E-state index contributed by atoms with van der Waals surface area (Å²) in [5, 5.41) is 9.77. The molecule has 1 aromatic heterocycles. The van der Waals surface area contributed by atoms with Crippen molar-refractivity contribution in [3.8, 4) is 17.2 Å². The van der Waals surface area contributed by atoms with Crippen LogP contribution in [0.4, 0.5) is 0 Å². The van der Waals surface area contributed by atoms with Gasteiger partial charge in [0.1, 0.15) is 23.3 Å². The number of ether oxygens (including phenoxy) is 1. The van der Waals surface area contributed by atoms with Crippen LogP contribution in [0.5, 0.6) is 17.2 Å². The minimum absolute atomic E-state index is 0.0499. The number of hydrogen-bond acceptors (Lipinski definition) is 4. The van der Waals surface area contributed by atoms with E-state index >= 15 is 0 Å². The largest absolute Gasteiger partial charge is 0.508 e. The van der Waals surface area contributed by atoms with Crippen LogP contribution in [0, 0.1) is 13.8 Å². The highest BCUT2D eigenvalue weighted by Gasteiger charge is 2.11. The molecule has 0 spiro atoms. The van der Waals surface area contributed by atoms with E-state index in [0.29, 0.717) is 16.7 Å². The first kappa shape index (κ1) is 13.2. The van der Waals surface area contributed by atoms with E-state index in [1.807, 2.05) is 32.0 Å². The second-order valence-corrected chi connectivity index (χ2v) is 4.91. The minimum atomic E-state index is -0.267. The summed E-state index contributed by atoms with van der Waals surface area (Å²) in [4.78, 5) is 12.4. The molecule has 0 aliphatic heterocycles. The molecular weight excluding hydrogens is 268 g/mol. The van der Waals surface area contributed by atoms with E-state index in [9.17, 15) is 9.90 Å². The fraction of sp³-hybridized carbons (Fsp3) is 0.118. The van der Waals surface area contributed by atoms with Crippen molar-refractivity contribution < 1.29 is 14.3 Å². The van der Waals surface area contributed by atoms with Gasteiger partial charge in [-0.15, -0.1) is 0 Å². The number of aromatic hydroxyl groups is 1. The van der Waals surface area contributed by atoms with E-state index in [0.717, 1.165) is 11.1 Å². The lowest BCUT2D eigenvalue weighted by atomic mass is 10.1. The lowest BCUT2D eigenvalue weighted by Gasteiger charge is -2.10. The average Bonchev–Trinajstić information content (AvgIpc) is 2.46. The molecular formula is C17H14O4. The Morgan fingerprint density at radius 3 is 2.71 bits per heavy atom. The van der Waals surface area contributed by atoms with Crippen molar-refractivity contribution in [3.63, 3.8) is 0 Å². The predicted octanol–water partition coefficient (Wildman–Crippen LogP) is 3.91. The molecule has 0 saturated carbocycles. The lowest BCUT2D eigenvalue weighted by molar-refractivity contribution is 0.446. The van der Waals surface area contributed by atoms with Crippen LogP contribution in [-0.4, -0.2) is 5.11 Å². The third kappa shape index (κ3) is 2.36. The maximum atomic E-state index is 12.4. The molecule has 4 heteroatoms. The molecule has 4 nitrogen and oxygen atoms in total. The minimum Gasteiger partial charge on any atom is -0.508 e. The summed E-state index contributed by atoms with van der Waals surface area (Å²) >= 11 is 0.